The van der Waals surface area contributed by atoms with Gasteiger partial charge in [0.05, 0.1) is 6.61 Å². The second kappa shape index (κ2) is 4.69. The summed E-state index contributed by atoms with van der Waals surface area (Å²) in [5.74, 6) is 1.83. The number of rotatable bonds is 3. The first-order valence-corrected chi connectivity index (χ1v) is 5.96. The Kier molecular flexibility index (Phi) is 3.30. The Morgan fingerprint density at radius 2 is 1.87 bits per heavy atom. The minimum Gasteiger partial charge on any atom is -0.493 e. The fourth-order valence-electron chi connectivity index (χ4n) is 2.19. The van der Waals surface area contributed by atoms with Crippen LogP contribution in [0, 0.1) is 19.8 Å². The summed E-state index contributed by atoms with van der Waals surface area (Å²) in [4.78, 5) is 0. The highest BCUT2D eigenvalue weighted by atomic mass is 16.5. The molecule has 1 nitrogen and oxygen atoms in total. The van der Waals surface area contributed by atoms with Gasteiger partial charge in [-0.2, -0.15) is 0 Å². The number of hydrogen-bond donors (Lipinski definition) is 0. The SMILES string of the molecule is Cc1ccc(OCC2CCCC2)cc1C. The Bertz CT molecular complexity index is 324. The van der Waals surface area contributed by atoms with Crippen LogP contribution in [0.1, 0.15) is 36.8 Å². The van der Waals surface area contributed by atoms with Gasteiger partial charge in [-0.3, -0.25) is 0 Å². The van der Waals surface area contributed by atoms with Crippen molar-refractivity contribution in [3.63, 3.8) is 0 Å². The van der Waals surface area contributed by atoms with Crippen molar-refractivity contribution in [3.05, 3.63) is 29.3 Å². The van der Waals surface area contributed by atoms with Crippen molar-refractivity contribution in [1.82, 2.24) is 0 Å². The number of hydrogen-bond acceptors (Lipinski definition) is 1. The molecule has 0 spiro atoms. The smallest absolute Gasteiger partial charge is 0.119 e. The highest BCUT2D eigenvalue weighted by Crippen LogP contribution is 2.26. The maximum Gasteiger partial charge on any atom is 0.119 e. The van der Waals surface area contributed by atoms with E-state index < -0.39 is 0 Å². The van der Waals surface area contributed by atoms with Crippen LogP contribution in [0.25, 0.3) is 0 Å². The fourth-order valence-corrected chi connectivity index (χ4v) is 2.19. The van der Waals surface area contributed by atoms with E-state index in [2.05, 4.69) is 32.0 Å². The predicted molar refractivity (Wildman–Crippen MR) is 63.4 cm³/mol. The Morgan fingerprint density at radius 1 is 1.13 bits per heavy atom. The van der Waals surface area contributed by atoms with E-state index in [-0.39, 0.29) is 0 Å². The van der Waals surface area contributed by atoms with Gasteiger partial charge in [-0.1, -0.05) is 18.9 Å². The summed E-state index contributed by atoms with van der Waals surface area (Å²) in [6, 6.07) is 6.36. The first-order valence-electron chi connectivity index (χ1n) is 5.96. The van der Waals surface area contributed by atoms with Crippen molar-refractivity contribution in [2.75, 3.05) is 6.61 Å². The third-order valence-electron chi connectivity index (χ3n) is 3.44. The van der Waals surface area contributed by atoms with Crippen LogP contribution in [-0.2, 0) is 0 Å². The summed E-state index contributed by atoms with van der Waals surface area (Å²) in [6.07, 6.45) is 5.48. The molecule has 1 saturated carbocycles. The maximum atomic E-state index is 5.83. The Hall–Kier alpha value is -0.980. The van der Waals surface area contributed by atoms with E-state index in [1.54, 1.807) is 0 Å². The lowest BCUT2D eigenvalue weighted by molar-refractivity contribution is 0.252. The molecule has 0 atom stereocenters. The lowest BCUT2D eigenvalue weighted by atomic mass is 10.1. The molecule has 0 bridgehead atoms. The predicted octanol–water partition coefficient (Wildman–Crippen LogP) is 3.87. The quantitative estimate of drug-likeness (QED) is 0.726. The van der Waals surface area contributed by atoms with Crippen LogP contribution < -0.4 is 4.74 Å². The lowest BCUT2D eigenvalue weighted by Crippen LogP contribution is -2.08. The van der Waals surface area contributed by atoms with Crippen LogP contribution in [0.5, 0.6) is 5.75 Å². The average Bonchev–Trinajstić information content (AvgIpc) is 2.73. The summed E-state index contributed by atoms with van der Waals surface area (Å²) in [5.41, 5.74) is 2.65. The van der Waals surface area contributed by atoms with Crippen LogP contribution >= 0.6 is 0 Å². The zero-order valence-corrected chi connectivity index (χ0v) is 9.75. The first-order chi connectivity index (χ1) is 7.25. The molecule has 1 aromatic rings. The molecule has 1 aliphatic rings. The van der Waals surface area contributed by atoms with E-state index in [9.17, 15) is 0 Å². The van der Waals surface area contributed by atoms with Crippen LogP contribution in [0.2, 0.25) is 0 Å². The van der Waals surface area contributed by atoms with Gasteiger partial charge in [0.25, 0.3) is 0 Å². The Labute approximate surface area is 92.5 Å². The van der Waals surface area contributed by atoms with Crippen molar-refractivity contribution in [2.24, 2.45) is 5.92 Å². The highest BCUT2D eigenvalue weighted by molar-refractivity contribution is 5.33. The van der Waals surface area contributed by atoms with Crippen molar-refractivity contribution < 1.29 is 4.74 Å². The van der Waals surface area contributed by atoms with Gasteiger partial charge >= 0.3 is 0 Å². The molecule has 0 aliphatic heterocycles. The van der Waals surface area contributed by atoms with E-state index in [0.29, 0.717) is 0 Å². The lowest BCUT2D eigenvalue weighted by Gasteiger charge is -2.12. The zero-order valence-electron chi connectivity index (χ0n) is 9.75. The van der Waals surface area contributed by atoms with Gasteiger partial charge in [0.2, 0.25) is 0 Å². The molecular formula is C14H20O. The van der Waals surface area contributed by atoms with E-state index in [1.807, 2.05) is 0 Å². The van der Waals surface area contributed by atoms with E-state index in [4.69, 9.17) is 4.74 Å². The molecule has 0 aromatic heterocycles. The molecule has 1 aliphatic carbocycles. The summed E-state index contributed by atoms with van der Waals surface area (Å²) < 4.78 is 5.83. The van der Waals surface area contributed by atoms with Gasteiger partial charge < -0.3 is 4.74 Å². The highest BCUT2D eigenvalue weighted by Gasteiger charge is 2.15. The van der Waals surface area contributed by atoms with E-state index >= 15 is 0 Å². The number of benzene rings is 1. The van der Waals surface area contributed by atoms with Gasteiger partial charge in [-0.25, -0.2) is 0 Å². The molecule has 0 amide bonds. The van der Waals surface area contributed by atoms with Gasteiger partial charge in [0, 0.05) is 0 Å². The van der Waals surface area contributed by atoms with Crippen molar-refractivity contribution in [3.8, 4) is 5.75 Å². The van der Waals surface area contributed by atoms with Gasteiger partial charge in [0.1, 0.15) is 5.75 Å². The standard InChI is InChI=1S/C14H20O/c1-11-7-8-14(9-12(11)2)15-10-13-5-3-4-6-13/h7-9,13H,3-6,10H2,1-2H3. The molecule has 1 aromatic carbocycles. The third kappa shape index (κ3) is 2.74. The van der Waals surface area contributed by atoms with Crippen LogP contribution in [0.4, 0.5) is 0 Å². The van der Waals surface area contributed by atoms with Gasteiger partial charge in [-0.15, -0.1) is 0 Å². The van der Waals surface area contributed by atoms with Gasteiger partial charge in [-0.05, 0) is 55.9 Å². The zero-order chi connectivity index (χ0) is 10.7. The second-order valence-corrected chi connectivity index (χ2v) is 4.71. The van der Waals surface area contributed by atoms with Gasteiger partial charge in [0.15, 0.2) is 0 Å². The first kappa shape index (κ1) is 10.5. The largest absolute Gasteiger partial charge is 0.493 e. The fraction of sp³-hybridized carbons (Fsp3) is 0.571. The van der Waals surface area contributed by atoms with E-state index in [1.165, 1.54) is 36.8 Å². The van der Waals surface area contributed by atoms with Crippen LogP contribution in [0.3, 0.4) is 0 Å². The second-order valence-electron chi connectivity index (χ2n) is 4.71. The maximum absolute atomic E-state index is 5.83. The normalized spacial score (nSPS) is 16.9. The Morgan fingerprint density at radius 3 is 2.53 bits per heavy atom. The summed E-state index contributed by atoms with van der Waals surface area (Å²) in [5, 5.41) is 0. The minimum absolute atomic E-state index is 0.798. The summed E-state index contributed by atoms with van der Waals surface area (Å²) in [7, 11) is 0. The molecule has 15 heavy (non-hydrogen) atoms. The van der Waals surface area contributed by atoms with Crippen molar-refractivity contribution in [1.29, 1.82) is 0 Å². The molecule has 1 fully saturated rings. The topological polar surface area (TPSA) is 9.23 Å². The summed E-state index contributed by atoms with van der Waals surface area (Å²) >= 11 is 0. The van der Waals surface area contributed by atoms with Crippen LogP contribution in [-0.4, -0.2) is 6.61 Å². The monoisotopic (exact) mass is 204 g/mol. The number of aryl methyl sites for hydroxylation is 2. The minimum atomic E-state index is 0.798. The van der Waals surface area contributed by atoms with Crippen LogP contribution in [0.15, 0.2) is 18.2 Å². The molecule has 2 rings (SSSR count). The van der Waals surface area contributed by atoms with E-state index in [0.717, 1.165) is 18.3 Å². The molecule has 1 heteroatoms. The molecule has 82 valence electrons. The van der Waals surface area contributed by atoms with Crippen molar-refractivity contribution in [2.45, 2.75) is 39.5 Å². The van der Waals surface area contributed by atoms with Crippen molar-refractivity contribution >= 4 is 0 Å². The average molecular weight is 204 g/mol. The molecule has 0 unspecified atom stereocenters. The number of ether oxygens (including phenoxy) is 1. The third-order valence-corrected chi connectivity index (χ3v) is 3.44. The Balaban J connectivity index is 1.90. The molecular weight excluding hydrogens is 184 g/mol. The molecule has 0 radical (unpaired) electrons. The summed E-state index contributed by atoms with van der Waals surface area (Å²) in [6.45, 7) is 5.18. The molecule has 0 saturated heterocycles. The molecule has 0 N–H and O–H groups in total. The molecule has 0 heterocycles.